The van der Waals surface area contributed by atoms with E-state index in [0.717, 1.165) is 11.4 Å². The number of rotatable bonds is 5. The third-order valence-corrected chi connectivity index (χ3v) is 4.99. The van der Waals surface area contributed by atoms with Crippen LogP contribution in [0.5, 0.6) is 0 Å². The minimum Gasteiger partial charge on any atom is -0.474 e. The Kier molecular flexibility index (Phi) is 5.01. The summed E-state index contributed by atoms with van der Waals surface area (Å²) in [6, 6.07) is 27.4. The Balaban J connectivity index is 1.75. The number of pyridine rings is 1. The zero-order valence-electron chi connectivity index (χ0n) is 15.7. The molecular weight excluding hydrogens is 332 g/mol. The van der Waals surface area contributed by atoms with Crippen molar-refractivity contribution in [3.05, 3.63) is 101 Å². The summed E-state index contributed by atoms with van der Waals surface area (Å²) in [7, 11) is 0. The summed E-state index contributed by atoms with van der Waals surface area (Å²) in [5.41, 5.74) is 4.27. The topological polar surface area (TPSA) is 34.5 Å². The quantitative estimate of drug-likeness (QED) is 0.640. The fraction of sp³-hybridized carbons (Fsp3) is 0.250. The Bertz CT molecular complexity index is 880. The zero-order valence-corrected chi connectivity index (χ0v) is 15.7. The van der Waals surface area contributed by atoms with Gasteiger partial charge in [-0.05, 0) is 29.2 Å². The van der Waals surface area contributed by atoms with Crippen LogP contribution in [0.2, 0.25) is 0 Å². The minimum absolute atomic E-state index is 0.0789. The molecule has 1 atom stereocenters. The van der Waals surface area contributed by atoms with Crippen molar-refractivity contribution in [1.82, 2.24) is 4.98 Å². The van der Waals surface area contributed by atoms with Crippen LogP contribution >= 0.6 is 0 Å². The molecule has 0 bridgehead atoms. The summed E-state index contributed by atoms with van der Waals surface area (Å²) in [5.74, 6) is 1.21. The third-order valence-electron chi connectivity index (χ3n) is 4.99. The lowest BCUT2D eigenvalue weighted by atomic mass is 9.88. The standard InChI is InChI=1S/C24H24N2O/c1-17(2)22-16-27-24(26-22)21-15-9-14-20(25-21)23(18-10-5-3-6-11-18)19-12-7-4-8-13-19/h3-15,17,22-23H,16H2,1-2H3/t22-/m0/s1. The predicted octanol–water partition coefficient (Wildman–Crippen LogP) is 5.06. The Labute approximate surface area is 160 Å². The van der Waals surface area contributed by atoms with Crippen molar-refractivity contribution in [3.63, 3.8) is 0 Å². The molecular formula is C24H24N2O. The van der Waals surface area contributed by atoms with Crippen molar-refractivity contribution in [2.24, 2.45) is 10.9 Å². The monoisotopic (exact) mass is 356 g/mol. The Morgan fingerprint density at radius 2 is 1.44 bits per heavy atom. The minimum atomic E-state index is 0.0789. The lowest BCUT2D eigenvalue weighted by Gasteiger charge is -2.18. The van der Waals surface area contributed by atoms with E-state index in [0.29, 0.717) is 18.4 Å². The van der Waals surface area contributed by atoms with Gasteiger partial charge in [0.25, 0.3) is 0 Å². The molecule has 0 amide bonds. The van der Waals surface area contributed by atoms with Gasteiger partial charge in [0.1, 0.15) is 12.3 Å². The van der Waals surface area contributed by atoms with Crippen LogP contribution in [0.15, 0.2) is 83.9 Å². The first-order chi connectivity index (χ1) is 13.2. The molecule has 0 N–H and O–H groups in total. The molecule has 0 radical (unpaired) electrons. The third kappa shape index (κ3) is 3.77. The van der Waals surface area contributed by atoms with Gasteiger partial charge >= 0.3 is 0 Å². The molecule has 3 heteroatoms. The van der Waals surface area contributed by atoms with Gasteiger partial charge in [0.2, 0.25) is 5.90 Å². The van der Waals surface area contributed by atoms with E-state index in [1.54, 1.807) is 0 Å². The van der Waals surface area contributed by atoms with Gasteiger partial charge in [-0.2, -0.15) is 0 Å². The highest BCUT2D eigenvalue weighted by Gasteiger charge is 2.25. The van der Waals surface area contributed by atoms with Gasteiger partial charge in [-0.3, -0.25) is 0 Å². The Morgan fingerprint density at radius 1 is 0.815 bits per heavy atom. The Morgan fingerprint density at radius 3 is 2.00 bits per heavy atom. The highest BCUT2D eigenvalue weighted by atomic mass is 16.5. The smallest absolute Gasteiger partial charge is 0.235 e. The van der Waals surface area contributed by atoms with Gasteiger partial charge in [0, 0.05) is 0 Å². The molecule has 0 fully saturated rings. The molecule has 3 aromatic rings. The second-order valence-corrected chi connectivity index (χ2v) is 7.26. The van der Waals surface area contributed by atoms with Crippen LogP contribution in [0.1, 0.15) is 42.3 Å². The second-order valence-electron chi connectivity index (χ2n) is 7.26. The number of ether oxygens (including phenoxy) is 1. The largest absolute Gasteiger partial charge is 0.474 e. The number of benzene rings is 2. The molecule has 4 rings (SSSR count). The van der Waals surface area contributed by atoms with Crippen LogP contribution in [0.3, 0.4) is 0 Å². The van der Waals surface area contributed by atoms with Crippen molar-refractivity contribution < 1.29 is 4.74 Å². The maximum absolute atomic E-state index is 5.85. The molecule has 1 aliphatic rings. The molecule has 0 saturated heterocycles. The van der Waals surface area contributed by atoms with Gasteiger partial charge < -0.3 is 4.74 Å². The number of aliphatic imine (C=N–C) groups is 1. The van der Waals surface area contributed by atoms with Gasteiger partial charge in [0.05, 0.1) is 17.7 Å². The Hall–Kier alpha value is -2.94. The summed E-state index contributed by atoms with van der Waals surface area (Å²) in [6.07, 6.45) is 0. The zero-order chi connectivity index (χ0) is 18.6. The summed E-state index contributed by atoms with van der Waals surface area (Å²) in [6.45, 7) is 4.98. The highest BCUT2D eigenvalue weighted by Crippen LogP contribution is 2.31. The van der Waals surface area contributed by atoms with E-state index in [1.807, 2.05) is 24.3 Å². The maximum Gasteiger partial charge on any atom is 0.235 e. The van der Waals surface area contributed by atoms with E-state index in [2.05, 4.69) is 68.4 Å². The molecule has 1 aromatic heterocycles. The number of hydrogen-bond donors (Lipinski definition) is 0. The van der Waals surface area contributed by atoms with E-state index < -0.39 is 0 Å². The molecule has 1 aliphatic heterocycles. The summed E-state index contributed by atoms with van der Waals surface area (Å²) in [5, 5.41) is 0. The van der Waals surface area contributed by atoms with Gasteiger partial charge in [0.15, 0.2) is 0 Å². The van der Waals surface area contributed by atoms with Crippen LogP contribution in [-0.4, -0.2) is 23.5 Å². The molecule has 0 unspecified atom stereocenters. The highest BCUT2D eigenvalue weighted by molar-refractivity contribution is 5.93. The van der Waals surface area contributed by atoms with Gasteiger partial charge in [-0.25, -0.2) is 9.98 Å². The van der Waals surface area contributed by atoms with E-state index >= 15 is 0 Å². The van der Waals surface area contributed by atoms with Gasteiger partial charge in [-0.1, -0.05) is 80.6 Å². The fourth-order valence-corrected chi connectivity index (χ4v) is 3.43. The number of aromatic nitrogens is 1. The molecule has 0 aliphatic carbocycles. The first kappa shape index (κ1) is 17.5. The van der Waals surface area contributed by atoms with E-state index in [4.69, 9.17) is 14.7 Å². The van der Waals surface area contributed by atoms with Crippen molar-refractivity contribution >= 4 is 5.90 Å². The number of nitrogens with zero attached hydrogens (tertiary/aromatic N) is 2. The molecule has 2 heterocycles. The van der Waals surface area contributed by atoms with Crippen molar-refractivity contribution in [2.75, 3.05) is 6.61 Å². The van der Waals surface area contributed by atoms with Crippen LogP contribution in [0, 0.1) is 5.92 Å². The fourth-order valence-electron chi connectivity index (χ4n) is 3.43. The van der Waals surface area contributed by atoms with Crippen molar-refractivity contribution in [2.45, 2.75) is 25.8 Å². The average molecular weight is 356 g/mol. The van der Waals surface area contributed by atoms with E-state index in [-0.39, 0.29) is 12.0 Å². The summed E-state index contributed by atoms with van der Waals surface area (Å²) in [4.78, 5) is 9.68. The lowest BCUT2D eigenvalue weighted by Crippen LogP contribution is -2.13. The molecule has 0 spiro atoms. The van der Waals surface area contributed by atoms with E-state index in [9.17, 15) is 0 Å². The normalized spacial score (nSPS) is 16.4. The first-order valence-electron chi connectivity index (χ1n) is 9.50. The SMILES string of the molecule is CC(C)[C@@H]1COC(c2cccc(C(c3ccccc3)c3ccccc3)n2)=N1. The van der Waals surface area contributed by atoms with Crippen LogP contribution in [0.4, 0.5) is 0 Å². The number of hydrogen-bond acceptors (Lipinski definition) is 3. The molecule has 3 nitrogen and oxygen atoms in total. The molecule has 136 valence electrons. The van der Waals surface area contributed by atoms with Crippen LogP contribution < -0.4 is 0 Å². The predicted molar refractivity (Wildman–Crippen MR) is 109 cm³/mol. The maximum atomic E-state index is 5.85. The van der Waals surface area contributed by atoms with Gasteiger partial charge in [-0.15, -0.1) is 0 Å². The van der Waals surface area contributed by atoms with E-state index in [1.165, 1.54) is 11.1 Å². The summed E-state index contributed by atoms with van der Waals surface area (Å²) >= 11 is 0. The molecule has 27 heavy (non-hydrogen) atoms. The van der Waals surface area contributed by atoms with Crippen LogP contribution in [0.25, 0.3) is 0 Å². The van der Waals surface area contributed by atoms with Crippen molar-refractivity contribution in [3.8, 4) is 0 Å². The second kappa shape index (κ2) is 7.75. The van der Waals surface area contributed by atoms with Crippen molar-refractivity contribution in [1.29, 1.82) is 0 Å². The average Bonchev–Trinajstić information content (AvgIpc) is 3.21. The lowest BCUT2D eigenvalue weighted by molar-refractivity contribution is 0.291. The van der Waals surface area contributed by atoms with Crippen LogP contribution in [-0.2, 0) is 4.74 Å². The molecule has 2 aromatic carbocycles. The first-order valence-corrected chi connectivity index (χ1v) is 9.50. The summed E-state index contributed by atoms with van der Waals surface area (Å²) < 4.78 is 5.85. The molecule has 0 saturated carbocycles.